The van der Waals surface area contributed by atoms with Crippen LogP contribution < -0.4 is 11.3 Å². The minimum absolute atomic E-state index is 0.245. The number of carbonyl (C=O) groups excluding carboxylic acids is 1. The standard InChI is InChI=1S/C17H23N3O/c1-4-13(3)20-15(9-10-16(20)17(21)19-18)11-14-7-5-12(2)6-8-14/h5-10,13H,4,11,18H2,1-3H3,(H,19,21)/t13-/m1/s1. The molecule has 0 fully saturated rings. The largest absolute Gasteiger partial charge is 0.338 e. The molecule has 0 bridgehead atoms. The number of benzene rings is 1. The van der Waals surface area contributed by atoms with Crippen molar-refractivity contribution in [2.75, 3.05) is 0 Å². The van der Waals surface area contributed by atoms with Crippen molar-refractivity contribution in [3.8, 4) is 0 Å². The predicted octanol–water partition coefficient (Wildman–Crippen LogP) is 2.96. The van der Waals surface area contributed by atoms with Crippen LogP contribution in [0.25, 0.3) is 0 Å². The molecule has 3 N–H and O–H groups in total. The van der Waals surface area contributed by atoms with Crippen molar-refractivity contribution in [3.63, 3.8) is 0 Å². The molecule has 4 heteroatoms. The fourth-order valence-electron chi connectivity index (χ4n) is 2.51. The van der Waals surface area contributed by atoms with Crippen LogP contribution in [-0.4, -0.2) is 10.5 Å². The Labute approximate surface area is 125 Å². The number of carbonyl (C=O) groups is 1. The molecule has 1 aromatic heterocycles. The van der Waals surface area contributed by atoms with Crippen molar-refractivity contribution in [1.29, 1.82) is 0 Å². The minimum Gasteiger partial charge on any atom is -0.338 e. The van der Waals surface area contributed by atoms with Crippen LogP contribution in [0.5, 0.6) is 0 Å². The van der Waals surface area contributed by atoms with Gasteiger partial charge in [-0.25, -0.2) is 5.84 Å². The van der Waals surface area contributed by atoms with E-state index in [4.69, 9.17) is 5.84 Å². The lowest BCUT2D eigenvalue weighted by Gasteiger charge is -2.19. The Hall–Kier alpha value is -2.07. The summed E-state index contributed by atoms with van der Waals surface area (Å²) in [6, 6.07) is 12.6. The van der Waals surface area contributed by atoms with Gasteiger partial charge < -0.3 is 4.57 Å². The first-order chi connectivity index (χ1) is 10.1. The number of nitrogens with two attached hydrogens (primary N) is 1. The smallest absolute Gasteiger partial charge is 0.281 e. The van der Waals surface area contributed by atoms with Crippen LogP contribution in [0, 0.1) is 6.92 Å². The summed E-state index contributed by atoms with van der Waals surface area (Å²) in [7, 11) is 0. The van der Waals surface area contributed by atoms with Gasteiger partial charge in [0.15, 0.2) is 0 Å². The number of rotatable bonds is 5. The molecular formula is C17H23N3O. The molecule has 112 valence electrons. The summed E-state index contributed by atoms with van der Waals surface area (Å²) in [5, 5.41) is 0. The Bertz CT molecular complexity index is 613. The van der Waals surface area contributed by atoms with Crippen LogP contribution in [0.4, 0.5) is 0 Å². The highest BCUT2D eigenvalue weighted by Gasteiger charge is 2.17. The number of nitrogens with zero attached hydrogens (tertiary/aromatic N) is 1. The second-order valence-electron chi connectivity index (χ2n) is 5.47. The van der Waals surface area contributed by atoms with E-state index in [-0.39, 0.29) is 11.9 Å². The molecule has 1 amide bonds. The molecule has 1 atom stereocenters. The van der Waals surface area contributed by atoms with E-state index >= 15 is 0 Å². The van der Waals surface area contributed by atoms with Gasteiger partial charge in [-0.3, -0.25) is 10.2 Å². The van der Waals surface area contributed by atoms with E-state index < -0.39 is 0 Å². The normalized spacial score (nSPS) is 12.2. The summed E-state index contributed by atoms with van der Waals surface area (Å²) >= 11 is 0. The van der Waals surface area contributed by atoms with Crippen molar-refractivity contribution in [1.82, 2.24) is 9.99 Å². The van der Waals surface area contributed by atoms with Crippen LogP contribution in [0.15, 0.2) is 36.4 Å². The number of hydrogen-bond donors (Lipinski definition) is 2. The highest BCUT2D eigenvalue weighted by atomic mass is 16.2. The Kier molecular flexibility index (Phi) is 4.81. The zero-order chi connectivity index (χ0) is 15.4. The minimum atomic E-state index is -0.245. The van der Waals surface area contributed by atoms with Gasteiger partial charge in [-0.15, -0.1) is 0 Å². The van der Waals surface area contributed by atoms with E-state index in [2.05, 4.69) is 55.0 Å². The zero-order valence-corrected chi connectivity index (χ0v) is 12.9. The number of amides is 1. The fraction of sp³-hybridized carbons (Fsp3) is 0.353. The van der Waals surface area contributed by atoms with E-state index in [1.165, 1.54) is 11.1 Å². The monoisotopic (exact) mass is 285 g/mol. The molecule has 1 heterocycles. The Morgan fingerprint density at radius 2 is 1.90 bits per heavy atom. The van der Waals surface area contributed by atoms with Crippen LogP contribution in [0.2, 0.25) is 0 Å². The molecule has 0 aliphatic carbocycles. The molecular weight excluding hydrogens is 262 g/mol. The molecule has 21 heavy (non-hydrogen) atoms. The van der Waals surface area contributed by atoms with E-state index in [1.54, 1.807) is 0 Å². The van der Waals surface area contributed by atoms with Gasteiger partial charge in [-0.05, 0) is 38.0 Å². The van der Waals surface area contributed by atoms with Crippen molar-refractivity contribution >= 4 is 5.91 Å². The molecule has 0 saturated heterocycles. The maximum Gasteiger partial charge on any atom is 0.281 e. The molecule has 2 aromatic rings. The summed E-state index contributed by atoms with van der Waals surface area (Å²) in [6.07, 6.45) is 1.77. The van der Waals surface area contributed by atoms with Crippen LogP contribution >= 0.6 is 0 Å². The van der Waals surface area contributed by atoms with E-state index in [9.17, 15) is 4.79 Å². The number of nitrogen functional groups attached to an aromatic ring is 1. The zero-order valence-electron chi connectivity index (χ0n) is 12.9. The van der Waals surface area contributed by atoms with Crippen molar-refractivity contribution in [3.05, 3.63) is 58.9 Å². The summed E-state index contributed by atoms with van der Waals surface area (Å²) < 4.78 is 2.09. The van der Waals surface area contributed by atoms with Crippen LogP contribution in [0.1, 0.15) is 53.6 Å². The molecule has 0 radical (unpaired) electrons. The molecule has 1 aromatic carbocycles. The van der Waals surface area contributed by atoms with Gasteiger partial charge >= 0.3 is 0 Å². The van der Waals surface area contributed by atoms with Gasteiger partial charge in [0.25, 0.3) is 5.91 Å². The molecule has 0 spiro atoms. The molecule has 4 nitrogen and oxygen atoms in total. The number of hydrogen-bond acceptors (Lipinski definition) is 2. The average molecular weight is 285 g/mol. The fourth-order valence-corrected chi connectivity index (χ4v) is 2.51. The van der Waals surface area contributed by atoms with Gasteiger partial charge in [0.2, 0.25) is 0 Å². The van der Waals surface area contributed by atoms with Gasteiger partial charge in [-0.1, -0.05) is 36.8 Å². The molecule has 0 aliphatic rings. The topological polar surface area (TPSA) is 60.0 Å². The maximum absolute atomic E-state index is 11.9. The molecule has 2 rings (SSSR count). The second kappa shape index (κ2) is 6.59. The Morgan fingerprint density at radius 1 is 1.24 bits per heavy atom. The third-order valence-corrected chi connectivity index (χ3v) is 3.90. The first-order valence-corrected chi connectivity index (χ1v) is 7.33. The quantitative estimate of drug-likeness (QED) is 0.504. The van der Waals surface area contributed by atoms with Gasteiger partial charge in [-0.2, -0.15) is 0 Å². The van der Waals surface area contributed by atoms with Crippen molar-refractivity contribution in [2.45, 2.75) is 39.7 Å². The summed E-state index contributed by atoms with van der Waals surface area (Å²) in [4.78, 5) is 11.9. The first kappa shape index (κ1) is 15.3. The van der Waals surface area contributed by atoms with E-state index in [0.29, 0.717) is 5.69 Å². The molecule has 0 unspecified atom stereocenters. The van der Waals surface area contributed by atoms with Gasteiger partial charge in [0, 0.05) is 18.2 Å². The molecule has 0 saturated carbocycles. The number of hydrazine groups is 1. The number of aryl methyl sites for hydroxylation is 1. The van der Waals surface area contributed by atoms with Crippen molar-refractivity contribution in [2.24, 2.45) is 5.84 Å². The lowest BCUT2D eigenvalue weighted by Crippen LogP contribution is -2.32. The highest BCUT2D eigenvalue weighted by molar-refractivity contribution is 5.92. The summed E-state index contributed by atoms with van der Waals surface area (Å²) in [5.41, 5.74) is 6.46. The SMILES string of the molecule is CC[C@@H](C)n1c(Cc2ccc(C)cc2)ccc1C(=O)NN. The third kappa shape index (κ3) is 3.34. The number of nitrogens with one attached hydrogen (secondary N) is 1. The van der Waals surface area contributed by atoms with E-state index in [1.807, 2.05) is 12.1 Å². The Morgan fingerprint density at radius 3 is 2.48 bits per heavy atom. The van der Waals surface area contributed by atoms with Gasteiger partial charge in [0.05, 0.1) is 0 Å². The third-order valence-electron chi connectivity index (χ3n) is 3.90. The predicted molar refractivity (Wildman–Crippen MR) is 85.1 cm³/mol. The molecule has 0 aliphatic heterocycles. The Balaban J connectivity index is 2.36. The number of aromatic nitrogens is 1. The van der Waals surface area contributed by atoms with Crippen LogP contribution in [-0.2, 0) is 6.42 Å². The maximum atomic E-state index is 11.9. The summed E-state index contributed by atoms with van der Waals surface area (Å²) in [5.74, 6) is 5.04. The van der Waals surface area contributed by atoms with Crippen molar-refractivity contribution < 1.29 is 4.79 Å². The second-order valence-corrected chi connectivity index (χ2v) is 5.47. The van der Waals surface area contributed by atoms with Crippen LogP contribution in [0.3, 0.4) is 0 Å². The lowest BCUT2D eigenvalue weighted by atomic mass is 10.1. The van der Waals surface area contributed by atoms with Gasteiger partial charge in [0.1, 0.15) is 5.69 Å². The average Bonchev–Trinajstić information content (AvgIpc) is 2.91. The first-order valence-electron chi connectivity index (χ1n) is 7.33. The lowest BCUT2D eigenvalue weighted by molar-refractivity contribution is 0.0942. The highest BCUT2D eigenvalue weighted by Crippen LogP contribution is 2.22. The van der Waals surface area contributed by atoms with E-state index in [0.717, 1.165) is 18.5 Å². The summed E-state index contributed by atoms with van der Waals surface area (Å²) in [6.45, 7) is 6.31.